The second-order valence-corrected chi connectivity index (χ2v) is 7.35. The molecule has 0 heterocycles. The van der Waals surface area contributed by atoms with Gasteiger partial charge in [-0.05, 0) is 35.6 Å². The molecule has 3 aliphatic carbocycles. The summed E-state index contributed by atoms with van der Waals surface area (Å²) in [5.41, 5.74) is 2.28. The predicted molar refractivity (Wildman–Crippen MR) is 104 cm³/mol. The number of carbonyl (C=O) groups is 2. The predicted octanol–water partition coefficient (Wildman–Crippen LogP) is 3.75. The number of aliphatic carboxylic acids is 2. The van der Waals surface area contributed by atoms with Gasteiger partial charge in [0.1, 0.15) is 0 Å². The number of carboxylic acids is 2. The molecule has 0 saturated heterocycles. The quantitative estimate of drug-likeness (QED) is 0.592. The van der Waals surface area contributed by atoms with E-state index in [1.807, 2.05) is 44.2 Å². The van der Waals surface area contributed by atoms with Crippen molar-refractivity contribution < 1.29 is 19.8 Å². The van der Waals surface area contributed by atoms with Crippen LogP contribution in [0.25, 0.3) is 11.1 Å². The van der Waals surface area contributed by atoms with Crippen LogP contribution in [0.15, 0.2) is 54.6 Å². The van der Waals surface area contributed by atoms with Crippen LogP contribution in [-0.4, -0.2) is 34.2 Å². The summed E-state index contributed by atoms with van der Waals surface area (Å²) in [6.07, 6.45) is 0.932. The van der Waals surface area contributed by atoms with Gasteiger partial charge in [0.25, 0.3) is 0 Å². The van der Waals surface area contributed by atoms with Crippen LogP contribution in [-0.2, 0) is 9.59 Å². The minimum atomic E-state index is -0.975. The highest BCUT2D eigenvalue weighted by Crippen LogP contribution is 2.64. The van der Waals surface area contributed by atoms with Gasteiger partial charge in [0.2, 0.25) is 0 Å². The molecule has 1 saturated carbocycles. The Balaban J connectivity index is 0.000000290. The van der Waals surface area contributed by atoms with E-state index in [2.05, 4.69) is 29.6 Å². The first-order valence-corrected chi connectivity index (χ1v) is 9.22. The lowest BCUT2D eigenvalue weighted by Crippen LogP contribution is -2.46. The molecule has 0 amide bonds. The van der Waals surface area contributed by atoms with Crippen molar-refractivity contribution in [3.63, 3.8) is 0 Å². The van der Waals surface area contributed by atoms with Gasteiger partial charge in [0.05, 0.1) is 12.0 Å². The first-order valence-electron chi connectivity index (χ1n) is 9.22. The van der Waals surface area contributed by atoms with E-state index in [4.69, 9.17) is 5.11 Å². The summed E-state index contributed by atoms with van der Waals surface area (Å²) in [4.78, 5) is 22.6. The van der Waals surface area contributed by atoms with Gasteiger partial charge in [-0.1, -0.05) is 62.4 Å². The lowest BCUT2D eigenvalue weighted by molar-refractivity contribution is -0.145. The topological polar surface area (TPSA) is 86.6 Å². The normalized spacial score (nSPS) is 25.0. The fourth-order valence-electron chi connectivity index (χ4n) is 4.18. The van der Waals surface area contributed by atoms with E-state index in [9.17, 15) is 14.7 Å². The lowest BCUT2D eigenvalue weighted by Gasteiger charge is -2.29. The van der Waals surface area contributed by atoms with Gasteiger partial charge < -0.3 is 10.2 Å². The highest BCUT2D eigenvalue weighted by Gasteiger charge is 2.73. The zero-order valence-electron chi connectivity index (χ0n) is 15.6. The zero-order chi connectivity index (χ0) is 19.7. The van der Waals surface area contributed by atoms with E-state index >= 15 is 0 Å². The summed E-state index contributed by atoms with van der Waals surface area (Å²) in [5.74, 6) is -1.91. The molecule has 1 aromatic carbocycles. The molecular weight excluding hydrogens is 342 g/mol. The molecule has 0 aliphatic heterocycles. The van der Waals surface area contributed by atoms with Crippen molar-refractivity contribution >= 4 is 11.9 Å². The monoisotopic (exact) mass is 367 g/mol. The van der Waals surface area contributed by atoms with Crippen molar-refractivity contribution in [2.45, 2.75) is 38.1 Å². The third kappa shape index (κ3) is 3.47. The van der Waals surface area contributed by atoms with Crippen molar-refractivity contribution in [3.05, 3.63) is 60.2 Å². The summed E-state index contributed by atoms with van der Waals surface area (Å²) in [6.45, 7) is 3.58. The van der Waals surface area contributed by atoms with Crippen LogP contribution in [0.3, 0.4) is 0 Å². The molecule has 1 aromatic rings. The molecule has 0 radical (unpaired) electrons. The number of hydrogen-bond donors (Lipinski definition) is 3. The Morgan fingerprint density at radius 2 is 1.70 bits per heavy atom. The number of rotatable bonds is 7. The van der Waals surface area contributed by atoms with Gasteiger partial charge in [0, 0.05) is 11.5 Å². The van der Waals surface area contributed by atoms with Gasteiger partial charge in [-0.3, -0.25) is 14.9 Å². The highest BCUT2D eigenvalue weighted by atomic mass is 16.4. The second kappa shape index (κ2) is 7.16. The van der Waals surface area contributed by atoms with Gasteiger partial charge in [-0.25, -0.2) is 0 Å². The summed E-state index contributed by atoms with van der Waals surface area (Å²) in [6, 6.07) is 18.1. The van der Waals surface area contributed by atoms with Crippen LogP contribution in [0.1, 0.15) is 38.2 Å². The molecule has 0 bridgehead atoms. The van der Waals surface area contributed by atoms with E-state index < -0.39 is 22.9 Å². The van der Waals surface area contributed by atoms with Crippen LogP contribution in [0, 0.1) is 5.41 Å². The molecule has 4 rings (SSSR count). The number of fused-ring (bicyclic) bond motifs is 1. The fraction of sp³-hybridized carbons (Fsp3) is 0.364. The third-order valence-electron chi connectivity index (χ3n) is 6.03. The maximum atomic E-state index is 11.7. The first-order chi connectivity index (χ1) is 12.9. The van der Waals surface area contributed by atoms with Crippen molar-refractivity contribution in [1.29, 1.82) is 0 Å². The Labute approximate surface area is 159 Å². The molecular formula is C22H25NO4. The first kappa shape index (κ1) is 19.1. The zero-order valence-corrected chi connectivity index (χ0v) is 15.6. The van der Waals surface area contributed by atoms with Crippen LogP contribution in [0.4, 0.5) is 0 Å². The molecule has 1 fully saturated rings. The summed E-state index contributed by atoms with van der Waals surface area (Å²) >= 11 is 0. The SMILES string of the molecule is CCC1(C(=O)O)CC1(NCC(=O)O)C(C)c1ccccc1.c1cc2cc-2c1. The fourth-order valence-corrected chi connectivity index (χ4v) is 4.18. The Morgan fingerprint density at radius 1 is 1.07 bits per heavy atom. The smallest absolute Gasteiger partial charge is 0.317 e. The van der Waals surface area contributed by atoms with Crippen LogP contribution in [0.5, 0.6) is 0 Å². The van der Waals surface area contributed by atoms with Gasteiger partial charge >= 0.3 is 11.9 Å². The van der Waals surface area contributed by atoms with E-state index in [1.165, 1.54) is 11.1 Å². The summed E-state index contributed by atoms with van der Waals surface area (Å²) in [7, 11) is 0. The number of benzene rings is 2. The van der Waals surface area contributed by atoms with Crippen molar-refractivity contribution in [1.82, 2.24) is 5.32 Å². The Bertz CT molecular complexity index is 833. The second-order valence-electron chi connectivity index (χ2n) is 7.35. The largest absolute Gasteiger partial charge is 0.481 e. The molecule has 0 spiro atoms. The molecule has 0 aromatic heterocycles. The standard InChI is InChI=1S/C16H21NO4.C6H4/c1-3-15(14(20)21)10-16(15,17-9-13(18)19)11(2)12-7-5-4-6-8-12;1-2-5-4-6(5)3-1/h4-8,11,17H,3,9-10H2,1-2H3,(H,18,19)(H,20,21);1-4H. The maximum Gasteiger partial charge on any atom is 0.317 e. The van der Waals surface area contributed by atoms with Crippen molar-refractivity contribution in [2.75, 3.05) is 6.54 Å². The minimum Gasteiger partial charge on any atom is -0.481 e. The van der Waals surface area contributed by atoms with E-state index in [0.29, 0.717) is 12.8 Å². The molecule has 142 valence electrons. The van der Waals surface area contributed by atoms with E-state index in [0.717, 1.165) is 5.56 Å². The Kier molecular flexibility index (Phi) is 5.07. The highest BCUT2D eigenvalue weighted by molar-refractivity contribution is 5.82. The molecule has 3 unspecified atom stereocenters. The maximum absolute atomic E-state index is 11.7. The van der Waals surface area contributed by atoms with Gasteiger partial charge in [-0.15, -0.1) is 0 Å². The molecule has 3 atom stereocenters. The molecule has 3 aliphatic rings. The number of nitrogens with one attached hydrogen (secondary N) is 1. The summed E-state index contributed by atoms with van der Waals surface area (Å²) in [5, 5.41) is 21.6. The minimum absolute atomic E-state index is 0.0749. The van der Waals surface area contributed by atoms with E-state index in [1.54, 1.807) is 0 Å². The lowest BCUT2D eigenvalue weighted by atomic mass is 9.83. The van der Waals surface area contributed by atoms with Gasteiger partial charge in [0.15, 0.2) is 0 Å². The molecule has 3 N–H and O–H groups in total. The van der Waals surface area contributed by atoms with Crippen molar-refractivity contribution in [2.24, 2.45) is 5.41 Å². The Hall–Kier alpha value is -2.66. The number of hydrogen-bond acceptors (Lipinski definition) is 3. The van der Waals surface area contributed by atoms with Crippen LogP contribution >= 0.6 is 0 Å². The van der Waals surface area contributed by atoms with E-state index in [-0.39, 0.29) is 12.5 Å². The number of carboxylic acid groups (broad SMARTS) is 2. The molecule has 5 heteroatoms. The molecule has 27 heavy (non-hydrogen) atoms. The van der Waals surface area contributed by atoms with Crippen LogP contribution in [0.2, 0.25) is 0 Å². The average Bonchev–Trinajstić information content (AvgIpc) is 3.54. The van der Waals surface area contributed by atoms with Gasteiger partial charge in [-0.2, -0.15) is 0 Å². The molecule has 5 nitrogen and oxygen atoms in total. The summed E-state index contributed by atoms with van der Waals surface area (Å²) < 4.78 is 0. The average molecular weight is 367 g/mol. The third-order valence-corrected chi connectivity index (χ3v) is 6.03. The van der Waals surface area contributed by atoms with Crippen molar-refractivity contribution in [3.8, 4) is 11.1 Å². The van der Waals surface area contributed by atoms with Crippen LogP contribution < -0.4 is 5.32 Å². The Morgan fingerprint density at radius 3 is 2.07 bits per heavy atom.